The molecule has 0 amide bonds. The van der Waals surface area contributed by atoms with Crippen molar-refractivity contribution in [1.29, 1.82) is 0 Å². The van der Waals surface area contributed by atoms with E-state index in [1.165, 1.54) is 27.8 Å². The molecule has 0 bridgehead atoms. The molecule has 0 spiro atoms. The van der Waals surface area contributed by atoms with Crippen molar-refractivity contribution in [2.24, 2.45) is 5.41 Å². The highest BCUT2D eigenvalue weighted by molar-refractivity contribution is 5.76. The summed E-state index contributed by atoms with van der Waals surface area (Å²) >= 11 is 0. The van der Waals surface area contributed by atoms with E-state index >= 15 is 0 Å². The summed E-state index contributed by atoms with van der Waals surface area (Å²) in [5, 5.41) is 0. The monoisotopic (exact) mass is 278 g/mol. The third kappa shape index (κ3) is 2.52. The Morgan fingerprint density at radius 3 is 2.14 bits per heavy atom. The fourth-order valence-corrected chi connectivity index (χ4v) is 3.24. The molecule has 21 heavy (non-hydrogen) atoms. The summed E-state index contributed by atoms with van der Waals surface area (Å²) in [7, 11) is 0. The van der Waals surface area contributed by atoms with Crippen molar-refractivity contribution in [3.63, 3.8) is 0 Å². The number of rotatable bonds is 0. The van der Waals surface area contributed by atoms with Gasteiger partial charge in [-0.3, -0.25) is 0 Å². The Morgan fingerprint density at radius 2 is 1.52 bits per heavy atom. The van der Waals surface area contributed by atoms with E-state index < -0.39 is 0 Å². The van der Waals surface area contributed by atoms with Crippen LogP contribution in [-0.4, -0.2) is 0 Å². The molecule has 3 aliphatic carbocycles. The van der Waals surface area contributed by atoms with Gasteiger partial charge in [-0.25, -0.2) is 0 Å². The molecule has 0 heteroatoms. The molecular formula is C21H26. The quantitative estimate of drug-likeness (QED) is 0.548. The Bertz CT molecular complexity index is 687. The van der Waals surface area contributed by atoms with Crippen molar-refractivity contribution in [3.8, 4) is 11.1 Å². The smallest absolute Gasteiger partial charge is 0.00524 e. The summed E-state index contributed by atoms with van der Waals surface area (Å²) in [4.78, 5) is 0. The zero-order valence-electron chi connectivity index (χ0n) is 14.2. The van der Waals surface area contributed by atoms with E-state index in [2.05, 4.69) is 78.0 Å². The van der Waals surface area contributed by atoms with Gasteiger partial charge in [0.1, 0.15) is 0 Å². The predicted molar refractivity (Wildman–Crippen MR) is 92.9 cm³/mol. The molecule has 0 aromatic heterocycles. The molecule has 0 nitrogen and oxygen atoms in total. The van der Waals surface area contributed by atoms with Crippen molar-refractivity contribution in [1.82, 2.24) is 0 Å². The summed E-state index contributed by atoms with van der Waals surface area (Å²) in [5.41, 5.74) is 9.11. The van der Waals surface area contributed by atoms with Gasteiger partial charge in [-0.2, -0.15) is 0 Å². The van der Waals surface area contributed by atoms with Gasteiger partial charge in [0.2, 0.25) is 0 Å². The van der Waals surface area contributed by atoms with Crippen LogP contribution >= 0.6 is 0 Å². The summed E-state index contributed by atoms with van der Waals surface area (Å²) in [6.45, 7) is 13.8. The normalized spacial score (nSPS) is 15.2. The van der Waals surface area contributed by atoms with Crippen molar-refractivity contribution < 1.29 is 0 Å². The zero-order chi connectivity index (χ0) is 15.4. The Hall–Kier alpha value is -1.56. The number of allylic oxidation sites excluding steroid dienone is 1. The van der Waals surface area contributed by atoms with Crippen LogP contribution in [0.15, 0.2) is 35.9 Å². The molecule has 0 saturated heterocycles. The standard InChI is InChI=1S/C21H26/c1-20(2,3)17-12-14-7-9-18-15(11-16(14)13-17)8-10-19(18)21(4,5)6/h7-12H,13H2,1-6H3. The first-order valence-corrected chi connectivity index (χ1v) is 7.93. The van der Waals surface area contributed by atoms with E-state index in [0.717, 1.165) is 6.42 Å². The van der Waals surface area contributed by atoms with E-state index in [9.17, 15) is 0 Å². The second-order valence-electron chi connectivity index (χ2n) is 8.42. The number of hydrogen-bond acceptors (Lipinski definition) is 0. The lowest BCUT2D eigenvalue weighted by Gasteiger charge is -2.20. The van der Waals surface area contributed by atoms with Crippen LogP contribution in [0, 0.1) is 5.41 Å². The first-order chi connectivity index (χ1) is 9.66. The molecule has 0 aliphatic heterocycles. The van der Waals surface area contributed by atoms with Crippen LogP contribution in [0.4, 0.5) is 0 Å². The third-order valence-corrected chi connectivity index (χ3v) is 4.64. The molecule has 3 aliphatic rings. The fourth-order valence-electron chi connectivity index (χ4n) is 3.24. The summed E-state index contributed by atoms with van der Waals surface area (Å²) < 4.78 is 0. The second kappa shape index (κ2) is 4.47. The van der Waals surface area contributed by atoms with Crippen LogP contribution in [0.25, 0.3) is 17.2 Å². The fraction of sp³-hybridized carbons (Fsp3) is 0.429. The maximum absolute atomic E-state index is 2.40. The highest BCUT2D eigenvalue weighted by Gasteiger charge is 2.25. The molecular weight excluding hydrogens is 252 g/mol. The van der Waals surface area contributed by atoms with Crippen LogP contribution in [0.5, 0.6) is 0 Å². The van der Waals surface area contributed by atoms with Crippen LogP contribution in [0.3, 0.4) is 0 Å². The van der Waals surface area contributed by atoms with E-state index in [1.807, 2.05) is 0 Å². The lowest BCUT2D eigenvalue weighted by Crippen LogP contribution is -2.10. The summed E-state index contributed by atoms with van der Waals surface area (Å²) in [5.74, 6) is 0. The average molecular weight is 278 g/mol. The van der Waals surface area contributed by atoms with Gasteiger partial charge in [0.15, 0.2) is 0 Å². The molecule has 0 radical (unpaired) electrons. The predicted octanol–water partition coefficient (Wildman–Crippen LogP) is 6.07. The van der Waals surface area contributed by atoms with Crippen molar-refractivity contribution in [3.05, 3.63) is 52.6 Å². The highest BCUT2D eigenvalue weighted by atomic mass is 14.3. The lowest BCUT2D eigenvalue weighted by molar-refractivity contribution is 0.498. The van der Waals surface area contributed by atoms with E-state index in [0.29, 0.717) is 0 Å². The molecule has 0 saturated carbocycles. The van der Waals surface area contributed by atoms with Gasteiger partial charge in [-0.15, -0.1) is 0 Å². The van der Waals surface area contributed by atoms with Crippen molar-refractivity contribution >= 4 is 6.08 Å². The van der Waals surface area contributed by atoms with Gasteiger partial charge in [-0.05, 0) is 45.1 Å². The van der Waals surface area contributed by atoms with Gasteiger partial charge in [0.05, 0.1) is 0 Å². The van der Waals surface area contributed by atoms with Crippen LogP contribution in [-0.2, 0) is 11.8 Å². The van der Waals surface area contributed by atoms with E-state index in [1.54, 1.807) is 5.57 Å². The minimum absolute atomic E-state index is 0.201. The Labute approximate surface area is 129 Å². The van der Waals surface area contributed by atoms with Crippen LogP contribution in [0.1, 0.15) is 58.2 Å². The van der Waals surface area contributed by atoms with Gasteiger partial charge in [0.25, 0.3) is 0 Å². The Morgan fingerprint density at radius 1 is 0.810 bits per heavy atom. The van der Waals surface area contributed by atoms with Crippen molar-refractivity contribution in [2.75, 3.05) is 0 Å². The SMILES string of the molecule is CC(C)(C)C1=Cc2ccc3c(C(C)(C)C)ccc-3cc2C1. The minimum Gasteiger partial charge on any atom is -0.0598 e. The van der Waals surface area contributed by atoms with Gasteiger partial charge < -0.3 is 0 Å². The van der Waals surface area contributed by atoms with Gasteiger partial charge in [0, 0.05) is 0 Å². The first kappa shape index (κ1) is 14.4. The topological polar surface area (TPSA) is 0 Å². The molecule has 0 atom stereocenters. The molecule has 0 unspecified atom stereocenters. The summed E-state index contributed by atoms with van der Waals surface area (Å²) in [6.07, 6.45) is 3.49. The number of fused-ring (bicyclic) bond motifs is 2. The molecule has 0 fully saturated rings. The molecule has 0 aromatic rings. The van der Waals surface area contributed by atoms with Crippen LogP contribution in [0.2, 0.25) is 0 Å². The zero-order valence-corrected chi connectivity index (χ0v) is 14.2. The lowest BCUT2D eigenvalue weighted by atomic mass is 9.85. The molecule has 0 N–H and O–H groups in total. The van der Waals surface area contributed by atoms with Gasteiger partial charge in [-0.1, -0.05) is 83.5 Å². The molecule has 3 rings (SSSR count). The van der Waals surface area contributed by atoms with E-state index in [4.69, 9.17) is 0 Å². The third-order valence-electron chi connectivity index (χ3n) is 4.64. The Balaban J connectivity index is 2.12. The largest absolute Gasteiger partial charge is 0.0598 e. The summed E-state index contributed by atoms with van der Waals surface area (Å²) in [6, 6.07) is 11.6. The molecule has 0 heterocycles. The van der Waals surface area contributed by atoms with Crippen molar-refractivity contribution in [2.45, 2.75) is 53.4 Å². The maximum atomic E-state index is 2.40. The molecule has 0 aromatic carbocycles. The van der Waals surface area contributed by atoms with Gasteiger partial charge >= 0.3 is 0 Å². The average Bonchev–Trinajstić information content (AvgIpc) is 2.88. The highest BCUT2D eigenvalue weighted by Crippen LogP contribution is 2.40. The Kier molecular flexibility index (Phi) is 3.06. The van der Waals surface area contributed by atoms with E-state index in [-0.39, 0.29) is 10.8 Å². The van der Waals surface area contributed by atoms with Crippen LogP contribution < -0.4 is 0 Å². The maximum Gasteiger partial charge on any atom is -0.00524 e. The first-order valence-electron chi connectivity index (χ1n) is 7.93. The minimum atomic E-state index is 0.201. The second-order valence-corrected chi connectivity index (χ2v) is 8.42. The number of hydrogen-bond donors (Lipinski definition) is 0. The molecule has 110 valence electrons.